The van der Waals surface area contributed by atoms with E-state index in [0.717, 1.165) is 0 Å². The molecule has 0 aliphatic rings. The summed E-state index contributed by atoms with van der Waals surface area (Å²) >= 11 is 0. The van der Waals surface area contributed by atoms with Crippen molar-refractivity contribution < 1.29 is 9.72 Å². The van der Waals surface area contributed by atoms with E-state index in [1.165, 1.54) is 35.4 Å². The van der Waals surface area contributed by atoms with Crippen LogP contribution in [0.25, 0.3) is 0 Å². The smallest absolute Gasteiger partial charge is 0.269 e. The van der Waals surface area contributed by atoms with Crippen LogP contribution in [0.15, 0.2) is 36.7 Å². The highest BCUT2D eigenvalue weighted by Crippen LogP contribution is 2.21. The maximum Gasteiger partial charge on any atom is 0.269 e. The van der Waals surface area contributed by atoms with Gasteiger partial charge >= 0.3 is 0 Å². The van der Waals surface area contributed by atoms with Gasteiger partial charge in [0.25, 0.3) is 5.69 Å². The molecule has 2 aromatic rings. The number of anilines is 1. The number of aromatic nitrogens is 2. The van der Waals surface area contributed by atoms with Crippen molar-refractivity contribution in [2.75, 3.05) is 11.9 Å². The first kappa shape index (κ1) is 14.7. The van der Waals surface area contributed by atoms with Gasteiger partial charge in [-0.2, -0.15) is 5.10 Å². The van der Waals surface area contributed by atoms with Crippen molar-refractivity contribution in [1.82, 2.24) is 9.78 Å². The zero-order chi connectivity index (χ0) is 15.6. The molecule has 0 bridgehead atoms. The molecule has 8 heteroatoms. The molecule has 0 radical (unpaired) electrons. The van der Waals surface area contributed by atoms with E-state index in [2.05, 4.69) is 5.10 Å². The standard InChI is InChI=1S/C13H15N5O3/c1-16-8-9(7-15-16)12(14)13(19)17(2)10-3-5-11(6-4-10)18(20)21/h3-8,12H,14H2,1-2H3. The molecule has 1 heterocycles. The molecular formula is C13H15N5O3. The predicted molar refractivity (Wildman–Crippen MR) is 76.6 cm³/mol. The number of amides is 1. The normalized spacial score (nSPS) is 12.0. The van der Waals surface area contributed by atoms with E-state index in [4.69, 9.17) is 5.73 Å². The van der Waals surface area contributed by atoms with Crippen LogP contribution in [-0.2, 0) is 11.8 Å². The Kier molecular flexibility index (Phi) is 3.99. The number of nitrogens with two attached hydrogens (primary N) is 1. The monoisotopic (exact) mass is 289 g/mol. The van der Waals surface area contributed by atoms with Crippen LogP contribution in [0.2, 0.25) is 0 Å². The lowest BCUT2D eigenvalue weighted by atomic mass is 10.1. The van der Waals surface area contributed by atoms with Gasteiger partial charge in [0.2, 0.25) is 5.91 Å². The minimum atomic E-state index is -0.834. The first-order chi connectivity index (χ1) is 9.90. The third-order valence-electron chi connectivity index (χ3n) is 3.13. The van der Waals surface area contributed by atoms with Crippen molar-refractivity contribution in [2.45, 2.75) is 6.04 Å². The van der Waals surface area contributed by atoms with Crippen molar-refractivity contribution in [3.63, 3.8) is 0 Å². The van der Waals surface area contributed by atoms with Gasteiger partial charge in [-0.3, -0.25) is 19.6 Å². The quantitative estimate of drug-likeness (QED) is 0.667. The average Bonchev–Trinajstić information content (AvgIpc) is 2.91. The molecule has 0 saturated carbocycles. The molecule has 2 N–H and O–H groups in total. The lowest BCUT2D eigenvalue weighted by molar-refractivity contribution is -0.384. The second-order valence-corrected chi connectivity index (χ2v) is 4.60. The number of hydrogen-bond donors (Lipinski definition) is 1. The number of likely N-dealkylation sites (N-methyl/N-ethyl adjacent to an activating group) is 1. The minimum Gasteiger partial charge on any atom is -0.316 e. The fourth-order valence-corrected chi connectivity index (χ4v) is 1.88. The van der Waals surface area contributed by atoms with Crippen LogP contribution in [0.5, 0.6) is 0 Å². The Morgan fingerprint density at radius 3 is 2.52 bits per heavy atom. The summed E-state index contributed by atoms with van der Waals surface area (Å²) in [6.45, 7) is 0. The summed E-state index contributed by atoms with van der Waals surface area (Å²) in [6.07, 6.45) is 3.21. The van der Waals surface area contributed by atoms with E-state index in [0.29, 0.717) is 11.3 Å². The third-order valence-corrected chi connectivity index (χ3v) is 3.13. The Labute approximate surface area is 120 Å². The topological polar surface area (TPSA) is 107 Å². The van der Waals surface area contributed by atoms with Crippen LogP contribution in [-0.4, -0.2) is 27.7 Å². The number of aryl methyl sites for hydroxylation is 1. The second kappa shape index (κ2) is 5.71. The molecule has 1 aromatic carbocycles. The molecule has 0 fully saturated rings. The van der Waals surface area contributed by atoms with Crippen LogP contribution in [0.1, 0.15) is 11.6 Å². The Hall–Kier alpha value is -2.74. The maximum absolute atomic E-state index is 12.3. The molecule has 1 amide bonds. The van der Waals surface area contributed by atoms with Crippen molar-refractivity contribution in [3.05, 3.63) is 52.3 Å². The molecular weight excluding hydrogens is 274 g/mol. The SMILES string of the molecule is CN(C(=O)C(N)c1cnn(C)c1)c1ccc([N+](=O)[O-])cc1. The van der Waals surface area contributed by atoms with Gasteiger partial charge in [-0.15, -0.1) is 0 Å². The molecule has 0 aliphatic heterocycles. The molecule has 8 nitrogen and oxygen atoms in total. The van der Waals surface area contributed by atoms with Gasteiger partial charge in [-0.05, 0) is 12.1 Å². The predicted octanol–water partition coefficient (Wildman–Crippen LogP) is 0.991. The number of benzene rings is 1. The van der Waals surface area contributed by atoms with E-state index in [9.17, 15) is 14.9 Å². The van der Waals surface area contributed by atoms with Gasteiger partial charge in [0.15, 0.2) is 0 Å². The number of rotatable bonds is 4. The summed E-state index contributed by atoms with van der Waals surface area (Å²) in [5.74, 6) is -0.322. The van der Waals surface area contributed by atoms with Crippen LogP contribution < -0.4 is 10.6 Å². The Balaban J connectivity index is 2.16. The highest BCUT2D eigenvalue weighted by molar-refractivity contribution is 5.97. The van der Waals surface area contributed by atoms with Crippen LogP contribution in [0, 0.1) is 10.1 Å². The highest BCUT2D eigenvalue weighted by atomic mass is 16.6. The number of carbonyl (C=O) groups is 1. The number of nitro benzene ring substituents is 1. The van der Waals surface area contributed by atoms with Crippen LogP contribution in [0.3, 0.4) is 0 Å². The molecule has 110 valence electrons. The van der Waals surface area contributed by atoms with E-state index in [1.54, 1.807) is 25.0 Å². The Morgan fingerprint density at radius 2 is 2.05 bits per heavy atom. The summed E-state index contributed by atoms with van der Waals surface area (Å²) in [6, 6.07) is 4.86. The molecule has 0 saturated heterocycles. The summed E-state index contributed by atoms with van der Waals surface area (Å²) in [5.41, 5.74) is 7.02. The Bertz CT molecular complexity index is 665. The molecule has 0 aliphatic carbocycles. The summed E-state index contributed by atoms with van der Waals surface area (Å²) in [5, 5.41) is 14.6. The number of nitrogens with zero attached hydrogens (tertiary/aromatic N) is 4. The van der Waals surface area contributed by atoms with Crippen molar-refractivity contribution in [3.8, 4) is 0 Å². The number of carbonyl (C=O) groups excluding carboxylic acids is 1. The fourth-order valence-electron chi connectivity index (χ4n) is 1.88. The van der Waals surface area contributed by atoms with Crippen molar-refractivity contribution in [2.24, 2.45) is 12.8 Å². The highest BCUT2D eigenvalue weighted by Gasteiger charge is 2.22. The van der Waals surface area contributed by atoms with E-state index >= 15 is 0 Å². The maximum atomic E-state index is 12.3. The number of hydrogen-bond acceptors (Lipinski definition) is 5. The molecule has 1 aromatic heterocycles. The zero-order valence-electron chi connectivity index (χ0n) is 11.6. The van der Waals surface area contributed by atoms with Gasteiger partial charge in [-0.1, -0.05) is 0 Å². The van der Waals surface area contributed by atoms with Gasteiger partial charge in [0.05, 0.1) is 11.1 Å². The summed E-state index contributed by atoms with van der Waals surface area (Å²) in [4.78, 5) is 23.8. The first-order valence-electron chi connectivity index (χ1n) is 6.16. The average molecular weight is 289 g/mol. The van der Waals surface area contributed by atoms with Gasteiger partial charge in [0.1, 0.15) is 6.04 Å². The van der Waals surface area contributed by atoms with Gasteiger partial charge in [0, 0.05) is 43.7 Å². The number of nitro groups is 1. The van der Waals surface area contributed by atoms with Crippen molar-refractivity contribution in [1.29, 1.82) is 0 Å². The molecule has 21 heavy (non-hydrogen) atoms. The second-order valence-electron chi connectivity index (χ2n) is 4.60. The van der Waals surface area contributed by atoms with E-state index in [1.807, 2.05) is 0 Å². The van der Waals surface area contributed by atoms with Gasteiger partial charge < -0.3 is 10.6 Å². The lowest BCUT2D eigenvalue weighted by Crippen LogP contribution is -2.35. The van der Waals surface area contributed by atoms with Crippen molar-refractivity contribution >= 4 is 17.3 Å². The van der Waals surface area contributed by atoms with E-state index < -0.39 is 11.0 Å². The zero-order valence-corrected chi connectivity index (χ0v) is 11.6. The van der Waals surface area contributed by atoms with Crippen LogP contribution in [0.4, 0.5) is 11.4 Å². The van der Waals surface area contributed by atoms with E-state index in [-0.39, 0.29) is 11.6 Å². The van der Waals surface area contributed by atoms with Gasteiger partial charge in [-0.25, -0.2) is 0 Å². The number of non-ortho nitro benzene ring substituents is 1. The third kappa shape index (κ3) is 3.06. The Morgan fingerprint density at radius 1 is 1.43 bits per heavy atom. The summed E-state index contributed by atoms with van der Waals surface area (Å²) in [7, 11) is 3.31. The molecule has 2 rings (SSSR count). The largest absolute Gasteiger partial charge is 0.316 e. The molecule has 1 atom stereocenters. The van der Waals surface area contributed by atoms with Crippen LogP contribution >= 0.6 is 0 Å². The first-order valence-corrected chi connectivity index (χ1v) is 6.16. The fraction of sp³-hybridized carbons (Fsp3) is 0.231. The molecule has 1 unspecified atom stereocenters. The summed E-state index contributed by atoms with van der Waals surface area (Å²) < 4.78 is 1.56. The lowest BCUT2D eigenvalue weighted by Gasteiger charge is -2.20. The minimum absolute atomic E-state index is 0.0313. The molecule has 0 spiro atoms.